The van der Waals surface area contributed by atoms with E-state index in [1.54, 1.807) is 22.9 Å². The predicted molar refractivity (Wildman–Crippen MR) is 106 cm³/mol. The molecule has 7 nitrogen and oxygen atoms in total. The van der Waals surface area contributed by atoms with E-state index in [0.29, 0.717) is 17.1 Å². The van der Waals surface area contributed by atoms with Gasteiger partial charge < -0.3 is 4.74 Å². The highest BCUT2D eigenvalue weighted by Crippen LogP contribution is 2.16. The first kappa shape index (κ1) is 19.0. The van der Waals surface area contributed by atoms with Gasteiger partial charge in [-0.3, -0.25) is 9.59 Å². The minimum absolute atomic E-state index is 0.0835. The summed E-state index contributed by atoms with van der Waals surface area (Å²) in [6.07, 6.45) is 1.51. The van der Waals surface area contributed by atoms with Crippen LogP contribution in [0.2, 0.25) is 0 Å². The van der Waals surface area contributed by atoms with Crippen molar-refractivity contribution in [3.8, 4) is 5.69 Å². The van der Waals surface area contributed by atoms with Gasteiger partial charge in [-0.1, -0.05) is 36.4 Å². The summed E-state index contributed by atoms with van der Waals surface area (Å²) in [5.41, 5.74) is 2.72. The van der Waals surface area contributed by atoms with E-state index in [9.17, 15) is 9.59 Å². The number of amides is 1. The molecule has 142 valence electrons. The molecule has 0 saturated carbocycles. The number of carbonyl (C=O) groups excluding carboxylic acids is 2. The molecule has 0 radical (unpaired) electrons. The summed E-state index contributed by atoms with van der Waals surface area (Å²) >= 11 is 0. The Labute approximate surface area is 162 Å². The summed E-state index contributed by atoms with van der Waals surface area (Å²) < 4.78 is 6.81. The molecule has 0 aliphatic carbocycles. The van der Waals surface area contributed by atoms with E-state index >= 15 is 0 Å². The van der Waals surface area contributed by atoms with Gasteiger partial charge >= 0.3 is 5.97 Å². The van der Waals surface area contributed by atoms with Crippen LogP contribution in [0.5, 0.6) is 0 Å². The zero-order chi connectivity index (χ0) is 19.9. The topological polar surface area (TPSA) is 76.8 Å². The van der Waals surface area contributed by atoms with E-state index in [1.165, 1.54) is 25.1 Å². The van der Waals surface area contributed by atoms with Crippen molar-refractivity contribution in [3.05, 3.63) is 78.1 Å². The molecule has 2 aromatic carbocycles. The average molecular weight is 376 g/mol. The molecule has 28 heavy (non-hydrogen) atoms. The van der Waals surface area contributed by atoms with E-state index in [1.807, 2.05) is 48.5 Å². The molecule has 0 N–H and O–H groups in total. The number of nitrogens with zero attached hydrogens (tertiary/aromatic N) is 4. The Morgan fingerprint density at radius 3 is 2.32 bits per heavy atom. The predicted octanol–water partition coefficient (Wildman–Crippen LogP) is 3.32. The van der Waals surface area contributed by atoms with Gasteiger partial charge in [0.25, 0.3) is 0 Å². The Bertz CT molecular complexity index is 981. The van der Waals surface area contributed by atoms with Crippen LogP contribution in [0.4, 0.5) is 5.69 Å². The number of carbonyl (C=O) groups is 2. The van der Waals surface area contributed by atoms with Crippen LogP contribution in [0.1, 0.15) is 25.2 Å². The zero-order valence-electron chi connectivity index (χ0n) is 15.6. The molecular weight excluding hydrogens is 356 g/mol. The standard InChI is InChI=1S/C21H20N4O3/c1-16(26)24(19-9-5-3-6-10-19)22-14-18-13-21(15-28-17(2)27)25(23-18)20-11-7-4-8-12-20/h3-14H,15H2,1-2H3. The largest absolute Gasteiger partial charge is 0.459 e. The van der Waals surface area contributed by atoms with E-state index in [0.717, 1.165) is 5.69 Å². The smallest absolute Gasteiger partial charge is 0.303 e. The van der Waals surface area contributed by atoms with Crippen LogP contribution in [0, 0.1) is 0 Å². The minimum Gasteiger partial charge on any atom is -0.459 e. The molecule has 3 aromatic rings. The number of anilines is 1. The molecule has 0 fully saturated rings. The number of benzene rings is 2. The number of hydrazone groups is 1. The van der Waals surface area contributed by atoms with Gasteiger partial charge in [0.1, 0.15) is 12.3 Å². The van der Waals surface area contributed by atoms with Crippen molar-refractivity contribution in [2.24, 2.45) is 5.10 Å². The molecule has 3 rings (SSSR count). The normalized spacial score (nSPS) is 10.8. The summed E-state index contributed by atoms with van der Waals surface area (Å²) in [6, 6.07) is 20.4. The number of esters is 1. The lowest BCUT2D eigenvalue weighted by Gasteiger charge is -2.14. The van der Waals surface area contributed by atoms with Crippen LogP contribution < -0.4 is 5.01 Å². The molecule has 0 aliphatic rings. The highest BCUT2D eigenvalue weighted by Gasteiger charge is 2.12. The molecule has 0 unspecified atom stereocenters. The van der Waals surface area contributed by atoms with Crippen molar-refractivity contribution in [1.29, 1.82) is 0 Å². The molecule has 0 saturated heterocycles. The summed E-state index contributed by atoms with van der Waals surface area (Å²) in [7, 11) is 0. The maximum atomic E-state index is 12.0. The number of hydrogen-bond donors (Lipinski definition) is 0. The van der Waals surface area contributed by atoms with E-state index < -0.39 is 0 Å². The van der Waals surface area contributed by atoms with Gasteiger partial charge in [-0.25, -0.2) is 9.69 Å². The third-order valence-corrected chi connectivity index (χ3v) is 3.83. The van der Waals surface area contributed by atoms with Gasteiger partial charge in [0, 0.05) is 13.8 Å². The lowest BCUT2D eigenvalue weighted by atomic mass is 10.3. The molecule has 0 bridgehead atoms. The molecular formula is C21H20N4O3. The Kier molecular flexibility index (Phi) is 5.96. The van der Waals surface area contributed by atoms with E-state index in [2.05, 4.69) is 10.2 Å². The summed E-state index contributed by atoms with van der Waals surface area (Å²) in [6.45, 7) is 2.88. The van der Waals surface area contributed by atoms with Crippen LogP contribution in [0.25, 0.3) is 5.69 Å². The highest BCUT2D eigenvalue weighted by molar-refractivity contribution is 5.93. The Morgan fingerprint density at radius 2 is 1.71 bits per heavy atom. The monoisotopic (exact) mass is 376 g/mol. The first-order valence-corrected chi connectivity index (χ1v) is 8.72. The molecule has 0 atom stereocenters. The fraction of sp³-hybridized carbons (Fsp3) is 0.143. The summed E-state index contributed by atoms with van der Waals surface area (Å²) in [5.74, 6) is -0.590. The fourth-order valence-corrected chi connectivity index (χ4v) is 2.59. The van der Waals surface area contributed by atoms with Crippen molar-refractivity contribution in [2.45, 2.75) is 20.5 Å². The fourth-order valence-electron chi connectivity index (χ4n) is 2.59. The van der Waals surface area contributed by atoms with Crippen LogP contribution >= 0.6 is 0 Å². The van der Waals surface area contributed by atoms with Gasteiger partial charge in [0.05, 0.1) is 23.3 Å². The SMILES string of the molecule is CC(=O)OCc1cc(C=NN(C(C)=O)c2ccccc2)nn1-c1ccccc1. The molecule has 7 heteroatoms. The van der Waals surface area contributed by atoms with Gasteiger partial charge in [0.2, 0.25) is 5.91 Å². The Hall–Kier alpha value is -3.74. The lowest BCUT2D eigenvalue weighted by molar-refractivity contribution is -0.142. The van der Waals surface area contributed by atoms with E-state index in [4.69, 9.17) is 4.74 Å². The summed E-state index contributed by atoms with van der Waals surface area (Å²) in [4.78, 5) is 23.2. The molecule has 1 aromatic heterocycles. The second-order valence-corrected chi connectivity index (χ2v) is 6.00. The van der Waals surface area contributed by atoms with Gasteiger partial charge in [-0.05, 0) is 30.3 Å². The van der Waals surface area contributed by atoms with Crippen molar-refractivity contribution in [2.75, 3.05) is 5.01 Å². The first-order valence-electron chi connectivity index (χ1n) is 8.72. The molecule has 1 heterocycles. The van der Waals surface area contributed by atoms with Crippen molar-refractivity contribution < 1.29 is 14.3 Å². The van der Waals surface area contributed by atoms with Crippen LogP contribution in [0.15, 0.2) is 71.8 Å². The van der Waals surface area contributed by atoms with Crippen molar-refractivity contribution in [1.82, 2.24) is 9.78 Å². The molecule has 0 spiro atoms. The third-order valence-electron chi connectivity index (χ3n) is 3.83. The van der Waals surface area contributed by atoms with E-state index in [-0.39, 0.29) is 18.5 Å². The Balaban J connectivity index is 1.92. The number of aromatic nitrogens is 2. The number of hydrogen-bond acceptors (Lipinski definition) is 5. The number of rotatable bonds is 6. The van der Waals surface area contributed by atoms with Crippen LogP contribution in [-0.2, 0) is 20.9 Å². The van der Waals surface area contributed by atoms with Gasteiger partial charge in [-0.2, -0.15) is 10.2 Å². The second-order valence-electron chi connectivity index (χ2n) is 6.00. The highest BCUT2D eigenvalue weighted by atomic mass is 16.5. The quantitative estimate of drug-likeness (QED) is 0.376. The van der Waals surface area contributed by atoms with Gasteiger partial charge in [0.15, 0.2) is 0 Å². The maximum Gasteiger partial charge on any atom is 0.303 e. The molecule has 0 aliphatic heterocycles. The Morgan fingerprint density at radius 1 is 1.07 bits per heavy atom. The van der Waals surface area contributed by atoms with Crippen LogP contribution in [0.3, 0.4) is 0 Å². The molecule has 1 amide bonds. The van der Waals surface area contributed by atoms with Crippen molar-refractivity contribution >= 4 is 23.8 Å². The van der Waals surface area contributed by atoms with Gasteiger partial charge in [-0.15, -0.1) is 0 Å². The number of ether oxygens (including phenoxy) is 1. The first-order chi connectivity index (χ1) is 13.5. The summed E-state index contributed by atoms with van der Waals surface area (Å²) in [5, 5.41) is 10.1. The second kappa shape index (κ2) is 8.77. The van der Waals surface area contributed by atoms with Crippen molar-refractivity contribution in [3.63, 3.8) is 0 Å². The maximum absolute atomic E-state index is 12.0. The minimum atomic E-state index is -0.372. The third kappa shape index (κ3) is 4.70. The lowest BCUT2D eigenvalue weighted by Crippen LogP contribution is -2.22. The van der Waals surface area contributed by atoms with Crippen LogP contribution in [-0.4, -0.2) is 27.9 Å². The average Bonchev–Trinajstić information content (AvgIpc) is 3.11. The number of para-hydroxylation sites is 2. The zero-order valence-corrected chi connectivity index (χ0v) is 15.6.